The zero-order valence-corrected chi connectivity index (χ0v) is 14.2. The normalized spacial score (nSPS) is 19.9. The first-order valence-electron chi connectivity index (χ1n) is 7.58. The van der Waals surface area contributed by atoms with Crippen LogP contribution in [0.5, 0.6) is 0 Å². The molecule has 0 bridgehead atoms. The molecule has 118 valence electrons. The summed E-state index contributed by atoms with van der Waals surface area (Å²) in [5, 5.41) is 3.46. The van der Waals surface area contributed by atoms with E-state index in [9.17, 15) is 4.39 Å². The Bertz CT molecular complexity index is 444. The van der Waals surface area contributed by atoms with Crippen LogP contribution in [0.4, 0.5) is 4.39 Å². The minimum Gasteiger partial charge on any atom is -0.383 e. The van der Waals surface area contributed by atoms with E-state index < -0.39 is 0 Å². The number of rotatable bonds is 7. The van der Waals surface area contributed by atoms with Gasteiger partial charge in [-0.05, 0) is 53.0 Å². The maximum Gasteiger partial charge on any atom is 0.137 e. The Morgan fingerprint density at radius 2 is 2.29 bits per heavy atom. The molecule has 1 aliphatic rings. The molecule has 1 heterocycles. The summed E-state index contributed by atoms with van der Waals surface area (Å²) in [5.74, 6) is -0.199. The summed E-state index contributed by atoms with van der Waals surface area (Å²) in [6.45, 7) is 4.63. The molecule has 1 aliphatic heterocycles. The molecule has 1 saturated heterocycles. The van der Waals surface area contributed by atoms with Gasteiger partial charge in [-0.3, -0.25) is 4.90 Å². The summed E-state index contributed by atoms with van der Waals surface area (Å²) < 4.78 is 18.9. The SMILES string of the molecule is COCCNCC1CCCCN1Cc1ccc(F)c(Br)c1. The molecule has 1 fully saturated rings. The van der Waals surface area contributed by atoms with Crippen molar-refractivity contribution in [1.82, 2.24) is 10.2 Å². The Balaban J connectivity index is 1.90. The minimum atomic E-state index is -0.199. The monoisotopic (exact) mass is 358 g/mol. The fourth-order valence-corrected chi connectivity index (χ4v) is 3.24. The number of ether oxygens (including phenoxy) is 1. The molecule has 0 aliphatic carbocycles. The first kappa shape index (κ1) is 16.9. The standard InChI is InChI=1S/C16H24BrFN2O/c1-21-9-7-19-11-14-4-2-3-8-20(14)12-13-5-6-16(18)15(17)10-13/h5-6,10,14,19H,2-4,7-9,11-12H2,1H3. The van der Waals surface area contributed by atoms with E-state index in [2.05, 4.69) is 26.1 Å². The first-order chi connectivity index (χ1) is 10.2. The van der Waals surface area contributed by atoms with Gasteiger partial charge in [-0.15, -0.1) is 0 Å². The predicted octanol–water partition coefficient (Wildman–Crippen LogP) is 3.18. The van der Waals surface area contributed by atoms with Crippen molar-refractivity contribution in [2.75, 3.05) is 33.4 Å². The molecule has 3 nitrogen and oxygen atoms in total. The Kier molecular flexibility index (Phi) is 7.10. The number of halogens is 2. The van der Waals surface area contributed by atoms with Crippen LogP contribution in [0.1, 0.15) is 24.8 Å². The number of nitrogens with zero attached hydrogens (tertiary/aromatic N) is 1. The van der Waals surface area contributed by atoms with Crippen LogP contribution in [-0.4, -0.2) is 44.3 Å². The molecular weight excluding hydrogens is 335 g/mol. The largest absolute Gasteiger partial charge is 0.383 e. The maximum atomic E-state index is 13.3. The third-order valence-electron chi connectivity index (χ3n) is 3.98. The molecule has 5 heteroatoms. The highest BCUT2D eigenvalue weighted by molar-refractivity contribution is 9.10. The summed E-state index contributed by atoms with van der Waals surface area (Å²) >= 11 is 3.27. The van der Waals surface area contributed by atoms with E-state index in [4.69, 9.17) is 4.74 Å². The van der Waals surface area contributed by atoms with E-state index in [-0.39, 0.29) is 5.82 Å². The van der Waals surface area contributed by atoms with Crippen LogP contribution in [0.15, 0.2) is 22.7 Å². The molecule has 1 N–H and O–H groups in total. The number of nitrogens with one attached hydrogen (secondary N) is 1. The average Bonchev–Trinajstić information content (AvgIpc) is 2.49. The van der Waals surface area contributed by atoms with Crippen LogP contribution in [-0.2, 0) is 11.3 Å². The number of piperidine rings is 1. The van der Waals surface area contributed by atoms with Crippen molar-refractivity contribution in [3.63, 3.8) is 0 Å². The van der Waals surface area contributed by atoms with Gasteiger partial charge in [-0.2, -0.15) is 0 Å². The molecule has 1 atom stereocenters. The van der Waals surface area contributed by atoms with E-state index in [1.54, 1.807) is 7.11 Å². The van der Waals surface area contributed by atoms with Gasteiger partial charge in [-0.25, -0.2) is 4.39 Å². The summed E-state index contributed by atoms with van der Waals surface area (Å²) in [4.78, 5) is 2.50. The van der Waals surface area contributed by atoms with Gasteiger partial charge in [0.05, 0.1) is 11.1 Å². The van der Waals surface area contributed by atoms with Crippen molar-refractivity contribution in [3.8, 4) is 0 Å². The Morgan fingerprint density at radius 1 is 1.43 bits per heavy atom. The van der Waals surface area contributed by atoms with Crippen LogP contribution in [0.25, 0.3) is 0 Å². The molecular formula is C16H24BrFN2O. The first-order valence-corrected chi connectivity index (χ1v) is 8.37. The van der Waals surface area contributed by atoms with E-state index in [0.717, 1.165) is 38.3 Å². The third kappa shape index (κ3) is 5.33. The second-order valence-corrected chi connectivity index (χ2v) is 6.42. The van der Waals surface area contributed by atoms with Gasteiger partial charge >= 0.3 is 0 Å². The van der Waals surface area contributed by atoms with Crippen molar-refractivity contribution in [2.24, 2.45) is 0 Å². The van der Waals surface area contributed by atoms with Crippen molar-refractivity contribution < 1.29 is 9.13 Å². The average molecular weight is 359 g/mol. The van der Waals surface area contributed by atoms with Crippen molar-refractivity contribution in [2.45, 2.75) is 31.8 Å². The summed E-state index contributed by atoms with van der Waals surface area (Å²) in [7, 11) is 1.72. The van der Waals surface area contributed by atoms with Gasteiger partial charge in [0.15, 0.2) is 0 Å². The molecule has 0 radical (unpaired) electrons. The molecule has 1 aromatic carbocycles. The molecule has 0 amide bonds. The minimum absolute atomic E-state index is 0.199. The highest BCUT2D eigenvalue weighted by Gasteiger charge is 2.22. The Hall–Kier alpha value is -0.490. The lowest BCUT2D eigenvalue weighted by atomic mass is 10.0. The molecule has 1 unspecified atom stereocenters. The highest BCUT2D eigenvalue weighted by Crippen LogP contribution is 2.22. The van der Waals surface area contributed by atoms with E-state index in [1.807, 2.05) is 12.1 Å². The quantitative estimate of drug-likeness (QED) is 0.757. The maximum absolute atomic E-state index is 13.3. The van der Waals surface area contributed by atoms with Crippen molar-refractivity contribution in [3.05, 3.63) is 34.1 Å². The summed E-state index contributed by atoms with van der Waals surface area (Å²) in [6, 6.07) is 5.86. The topological polar surface area (TPSA) is 24.5 Å². The molecule has 0 saturated carbocycles. The van der Waals surface area contributed by atoms with Crippen molar-refractivity contribution >= 4 is 15.9 Å². The number of benzene rings is 1. The smallest absolute Gasteiger partial charge is 0.137 e. The second kappa shape index (κ2) is 8.83. The Morgan fingerprint density at radius 3 is 3.05 bits per heavy atom. The highest BCUT2D eigenvalue weighted by atomic mass is 79.9. The lowest BCUT2D eigenvalue weighted by Crippen LogP contribution is -2.45. The number of hydrogen-bond acceptors (Lipinski definition) is 3. The van der Waals surface area contributed by atoms with E-state index in [0.29, 0.717) is 10.5 Å². The van der Waals surface area contributed by atoms with Crippen LogP contribution >= 0.6 is 15.9 Å². The lowest BCUT2D eigenvalue weighted by Gasteiger charge is -2.36. The molecule has 0 aromatic heterocycles. The lowest BCUT2D eigenvalue weighted by molar-refractivity contribution is 0.133. The van der Waals surface area contributed by atoms with E-state index in [1.165, 1.54) is 25.3 Å². The summed E-state index contributed by atoms with van der Waals surface area (Å²) in [5.41, 5.74) is 1.16. The van der Waals surface area contributed by atoms with Gasteiger partial charge in [0, 0.05) is 32.8 Å². The summed E-state index contributed by atoms with van der Waals surface area (Å²) in [6.07, 6.45) is 3.76. The number of methoxy groups -OCH3 is 1. The third-order valence-corrected chi connectivity index (χ3v) is 4.59. The van der Waals surface area contributed by atoms with Crippen LogP contribution in [0, 0.1) is 5.82 Å². The van der Waals surface area contributed by atoms with Gasteiger partial charge in [0.25, 0.3) is 0 Å². The second-order valence-electron chi connectivity index (χ2n) is 5.57. The molecule has 2 rings (SSSR count). The van der Waals surface area contributed by atoms with Gasteiger partial charge < -0.3 is 10.1 Å². The number of likely N-dealkylation sites (tertiary alicyclic amines) is 1. The predicted molar refractivity (Wildman–Crippen MR) is 86.9 cm³/mol. The van der Waals surface area contributed by atoms with Crippen LogP contribution in [0.3, 0.4) is 0 Å². The molecule has 0 spiro atoms. The van der Waals surface area contributed by atoms with E-state index >= 15 is 0 Å². The van der Waals surface area contributed by atoms with Crippen LogP contribution < -0.4 is 5.32 Å². The van der Waals surface area contributed by atoms with Gasteiger partial charge in [0.1, 0.15) is 5.82 Å². The van der Waals surface area contributed by atoms with Crippen molar-refractivity contribution in [1.29, 1.82) is 0 Å². The van der Waals surface area contributed by atoms with Gasteiger partial charge in [0.2, 0.25) is 0 Å². The molecule has 1 aromatic rings. The molecule has 21 heavy (non-hydrogen) atoms. The zero-order chi connectivity index (χ0) is 15.1. The fraction of sp³-hybridized carbons (Fsp3) is 0.625. The zero-order valence-electron chi connectivity index (χ0n) is 12.6. The Labute approximate surface area is 135 Å². The van der Waals surface area contributed by atoms with Crippen LogP contribution in [0.2, 0.25) is 0 Å². The van der Waals surface area contributed by atoms with Gasteiger partial charge in [-0.1, -0.05) is 12.5 Å². The fourth-order valence-electron chi connectivity index (χ4n) is 2.81. The number of hydrogen-bond donors (Lipinski definition) is 1.